The second-order valence-electron chi connectivity index (χ2n) is 7.59. The van der Waals surface area contributed by atoms with E-state index in [1.165, 1.54) is 4.90 Å². The van der Waals surface area contributed by atoms with E-state index in [1.807, 2.05) is 11.8 Å². The molecule has 0 spiro atoms. The minimum Gasteiger partial charge on any atom is -0.339 e. The first kappa shape index (κ1) is 17.0. The smallest absolute Gasteiger partial charge is 0.255 e. The first-order valence-electron chi connectivity index (χ1n) is 9.49. The maximum Gasteiger partial charge on any atom is 0.255 e. The van der Waals surface area contributed by atoms with Crippen LogP contribution < -0.4 is 4.90 Å². The van der Waals surface area contributed by atoms with Crippen LogP contribution in [0.1, 0.15) is 49.4 Å². The number of anilines is 1. The Balaban J connectivity index is 1.67. The molecule has 1 aromatic carbocycles. The summed E-state index contributed by atoms with van der Waals surface area (Å²) < 4.78 is 0. The molecule has 2 aliphatic heterocycles. The van der Waals surface area contributed by atoms with Crippen LogP contribution in [0.5, 0.6) is 0 Å². The molecule has 1 aromatic rings. The first-order valence-corrected chi connectivity index (χ1v) is 9.49. The molecule has 26 heavy (non-hydrogen) atoms. The summed E-state index contributed by atoms with van der Waals surface area (Å²) in [5.74, 6) is -0.978. The van der Waals surface area contributed by atoms with Gasteiger partial charge in [0.2, 0.25) is 11.8 Å². The maximum absolute atomic E-state index is 13.0. The molecule has 4 rings (SSSR count). The Bertz CT molecular complexity index is 792. The van der Waals surface area contributed by atoms with E-state index in [-0.39, 0.29) is 29.6 Å². The molecule has 0 bridgehead atoms. The van der Waals surface area contributed by atoms with E-state index in [0.717, 1.165) is 37.9 Å². The van der Waals surface area contributed by atoms with Crippen molar-refractivity contribution in [3.8, 4) is 0 Å². The zero-order chi connectivity index (χ0) is 18.3. The van der Waals surface area contributed by atoms with Gasteiger partial charge in [0.15, 0.2) is 0 Å². The highest BCUT2D eigenvalue weighted by Crippen LogP contribution is 2.40. The molecule has 0 N–H and O–H groups in total. The lowest BCUT2D eigenvalue weighted by Crippen LogP contribution is -2.38. The van der Waals surface area contributed by atoms with E-state index in [9.17, 15) is 14.4 Å². The van der Waals surface area contributed by atoms with Crippen LogP contribution in [0, 0.1) is 11.8 Å². The van der Waals surface area contributed by atoms with Gasteiger partial charge >= 0.3 is 0 Å². The lowest BCUT2D eigenvalue weighted by atomic mass is 9.82. The summed E-state index contributed by atoms with van der Waals surface area (Å²) in [7, 11) is 0. The van der Waals surface area contributed by atoms with Gasteiger partial charge < -0.3 is 4.90 Å². The van der Waals surface area contributed by atoms with E-state index < -0.39 is 0 Å². The summed E-state index contributed by atoms with van der Waals surface area (Å²) in [5, 5.41) is 0. The minimum atomic E-state index is -0.288. The van der Waals surface area contributed by atoms with E-state index in [4.69, 9.17) is 0 Å². The molecule has 2 fully saturated rings. The fourth-order valence-electron chi connectivity index (χ4n) is 4.39. The molecule has 0 aromatic heterocycles. The highest BCUT2D eigenvalue weighted by atomic mass is 16.2. The number of rotatable bonds is 2. The molecule has 5 nitrogen and oxygen atoms in total. The van der Waals surface area contributed by atoms with Gasteiger partial charge in [-0.2, -0.15) is 0 Å². The average Bonchev–Trinajstić information content (AvgIpc) is 2.92. The van der Waals surface area contributed by atoms with Crippen LogP contribution in [0.25, 0.3) is 0 Å². The van der Waals surface area contributed by atoms with Crippen molar-refractivity contribution in [2.24, 2.45) is 11.8 Å². The normalized spacial score (nSPS) is 26.0. The number of carbonyl (C=O) groups is 3. The molecular weight excluding hydrogens is 328 g/mol. The lowest BCUT2D eigenvalue weighted by Gasteiger charge is -2.28. The largest absolute Gasteiger partial charge is 0.339 e. The van der Waals surface area contributed by atoms with Gasteiger partial charge in [-0.25, -0.2) is 4.90 Å². The monoisotopic (exact) mass is 352 g/mol. The lowest BCUT2D eigenvalue weighted by molar-refractivity contribution is -0.122. The van der Waals surface area contributed by atoms with Crippen molar-refractivity contribution in [2.75, 3.05) is 18.0 Å². The Morgan fingerprint density at radius 3 is 2.46 bits per heavy atom. The van der Waals surface area contributed by atoms with Crippen molar-refractivity contribution in [1.29, 1.82) is 0 Å². The number of imide groups is 1. The van der Waals surface area contributed by atoms with Crippen molar-refractivity contribution < 1.29 is 14.4 Å². The summed E-state index contributed by atoms with van der Waals surface area (Å²) in [4.78, 5) is 42.1. The molecule has 5 heteroatoms. The number of hydrogen-bond donors (Lipinski definition) is 0. The summed E-state index contributed by atoms with van der Waals surface area (Å²) in [6.45, 7) is 3.48. The minimum absolute atomic E-state index is 0.0786. The number of piperidine rings is 1. The molecule has 1 aliphatic carbocycles. The molecule has 2 saturated heterocycles. The van der Waals surface area contributed by atoms with Gasteiger partial charge in [0.25, 0.3) is 5.91 Å². The molecule has 0 unspecified atom stereocenters. The van der Waals surface area contributed by atoms with Crippen LogP contribution in [-0.4, -0.2) is 35.7 Å². The second kappa shape index (κ2) is 6.71. The van der Waals surface area contributed by atoms with Gasteiger partial charge in [-0.3, -0.25) is 14.4 Å². The fraction of sp³-hybridized carbons (Fsp3) is 0.476. The topological polar surface area (TPSA) is 57.7 Å². The van der Waals surface area contributed by atoms with Crippen molar-refractivity contribution >= 4 is 23.4 Å². The zero-order valence-electron chi connectivity index (χ0n) is 15.1. The van der Waals surface area contributed by atoms with Crippen molar-refractivity contribution in [2.45, 2.75) is 39.0 Å². The van der Waals surface area contributed by atoms with Gasteiger partial charge in [-0.1, -0.05) is 23.8 Å². The van der Waals surface area contributed by atoms with Crippen LogP contribution in [0.15, 0.2) is 35.9 Å². The van der Waals surface area contributed by atoms with Gasteiger partial charge in [0, 0.05) is 13.1 Å². The zero-order valence-corrected chi connectivity index (χ0v) is 15.1. The third-order valence-corrected chi connectivity index (χ3v) is 5.84. The maximum atomic E-state index is 13.0. The van der Waals surface area contributed by atoms with Crippen molar-refractivity contribution in [1.82, 2.24) is 4.90 Å². The number of nitrogens with zero attached hydrogens (tertiary/aromatic N) is 2. The molecule has 3 amide bonds. The van der Waals surface area contributed by atoms with Crippen LogP contribution in [0.3, 0.4) is 0 Å². The number of allylic oxidation sites excluding steroid dienone is 2. The van der Waals surface area contributed by atoms with Crippen LogP contribution >= 0.6 is 0 Å². The number of likely N-dealkylation sites (tertiary alicyclic amines) is 1. The Hall–Kier alpha value is -2.43. The van der Waals surface area contributed by atoms with Crippen molar-refractivity contribution in [3.63, 3.8) is 0 Å². The van der Waals surface area contributed by atoms with Gasteiger partial charge in [-0.15, -0.1) is 0 Å². The van der Waals surface area contributed by atoms with Crippen LogP contribution in [0.4, 0.5) is 5.69 Å². The summed E-state index contributed by atoms with van der Waals surface area (Å²) in [6, 6.07) is 7.04. The standard InChI is InChI=1S/C21H24N2O3/c1-14-9-10-15-17(13-14)21(26)23(20(15)25)18-8-4-3-7-16(18)19(24)22-11-5-2-6-12-22/h3-4,7-9,15,17H,2,5-6,10-13H2,1H3/t15-,17+/m0/s1. The van der Waals surface area contributed by atoms with Crippen LogP contribution in [0.2, 0.25) is 0 Å². The number of para-hydroxylation sites is 1. The molecule has 0 saturated carbocycles. The molecule has 136 valence electrons. The third-order valence-electron chi connectivity index (χ3n) is 5.84. The number of hydrogen-bond acceptors (Lipinski definition) is 3. The van der Waals surface area contributed by atoms with Crippen molar-refractivity contribution in [3.05, 3.63) is 41.5 Å². The van der Waals surface area contributed by atoms with Gasteiger partial charge in [-0.05, 0) is 51.2 Å². The fourth-order valence-corrected chi connectivity index (χ4v) is 4.39. The number of benzene rings is 1. The number of fused-ring (bicyclic) bond motifs is 1. The van der Waals surface area contributed by atoms with E-state index in [1.54, 1.807) is 24.3 Å². The number of amides is 3. The molecular formula is C21H24N2O3. The SMILES string of the molecule is CC1=CC[C@@H]2C(=O)N(c3ccccc3C(=O)N3CCCCC3)C(=O)[C@@H]2C1. The Labute approximate surface area is 153 Å². The molecule has 2 atom stereocenters. The second-order valence-corrected chi connectivity index (χ2v) is 7.59. The number of carbonyl (C=O) groups excluding carboxylic acids is 3. The highest BCUT2D eigenvalue weighted by Gasteiger charge is 2.49. The Kier molecular flexibility index (Phi) is 4.39. The molecule has 3 aliphatic rings. The summed E-state index contributed by atoms with van der Waals surface area (Å²) >= 11 is 0. The predicted octanol–water partition coefficient (Wildman–Crippen LogP) is 3.16. The first-order chi connectivity index (χ1) is 12.6. The summed E-state index contributed by atoms with van der Waals surface area (Å²) in [6.07, 6.45) is 6.45. The van der Waals surface area contributed by atoms with Gasteiger partial charge in [0.1, 0.15) is 0 Å². The quantitative estimate of drug-likeness (QED) is 0.607. The Morgan fingerprint density at radius 2 is 1.69 bits per heavy atom. The molecule has 2 heterocycles. The Morgan fingerprint density at radius 1 is 1.00 bits per heavy atom. The van der Waals surface area contributed by atoms with Gasteiger partial charge in [0.05, 0.1) is 23.1 Å². The predicted molar refractivity (Wildman–Crippen MR) is 98.7 cm³/mol. The van der Waals surface area contributed by atoms with E-state index >= 15 is 0 Å². The average molecular weight is 352 g/mol. The summed E-state index contributed by atoms with van der Waals surface area (Å²) in [5.41, 5.74) is 2.07. The third kappa shape index (κ3) is 2.75. The van der Waals surface area contributed by atoms with E-state index in [0.29, 0.717) is 24.1 Å². The molecule has 0 radical (unpaired) electrons. The van der Waals surface area contributed by atoms with E-state index in [2.05, 4.69) is 6.08 Å². The van der Waals surface area contributed by atoms with Crippen LogP contribution in [-0.2, 0) is 9.59 Å². The highest BCUT2D eigenvalue weighted by molar-refractivity contribution is 6.24.